The Balaban J connectivity index is 2.23. The number of pyridine rings is 1. The standard InChI is InChI=1S/C17H16N2O2/c1-13-15(9-6-11-18-13)17(21)19-16-10-3-2-7-14(16)8-4-5-12-20/h2-3,6-7,9-11,20H,5,12H2,1H3,(H,19,21). The quantitative estimate of drug-likeness (QED) is 0.849. The number of nitrogens with one attached hydrogen (secondary N) is 1. The number of hydrogen-bond donors (Lipinski definition) is 2. The lowest BCUT2D eigenvalue weighted by molar-refractivity contribution is 0.102. The van der Waals surface area contributed by atoms with Gasteiger partial charge >= 0.3 is 0 Å². The molecule has 0 saturated carbocycles. The van der Waals surface area contributed by atoms with Gasteiger partial charge in [0.2, 0.25) is 0 Å². The number of aromatic nitrogens is 1. The van der Waals surface area contributed by atoms with Gasteiger partial charge in [0.05, 0.1) is 17.9 Å². The van der Waals surface area contributed by atoms with Crippen LogP contribution in [0.15, 0.2) is 42.6 Å². The van der Waals surface area contributed by atoms with Crippen molar-refractivity contribution in [3.63, 3.8) is 0 Å². The highest BCUT2D eigenvalue weighted by atomic mass is 16.2. The lowest BCUT2D eigenvalue weighted by Gasteiger charge is -2.08. The molecule has 0 aliphatic rings. The van der Waals surface area contributed by atoms with E-state index in [9.17, 15) is 4.79 Å². The summed E-state index contributed by atoms with van der Waals surface area (Å²) in [6.07, 6.45) is 2.06. The number of benzene rings is 1. The number of nitrogens with zero attached hydrogens (tertiary/aromatic N) is 1. The van der Waals surface area contributed by atoms with Crippen LogP contribution in [0, 0.1) is 18.8 Å². The van der Waals surface area contributed by atoms with Crippen LogP contribution in [0.1, 0.15) is 28.0 Å². The summed E-state index contributed by atoms with van der Waals surface area (Å²) in [6, 6.07) is 10.8. The zero-order chi connectivity index (χ0) is 15.1. The molecule has 4 heteroatoms. The lowest BCUT2D eigenvalue weighted by Crippen LogP contribution is -2.14. The second-order valence-corrected chi connectivity index (χ2v) is 4.41. The molecule has 2 aromatic rings. The second kappa shape index (κ2) is 7.22. The molecule has 1 heterocycles. The van der Waals surface area contributed by atoms with E-state index in [1.165, 1.54) is 0 Å². The first-order valence-electron chi connectivity index (χ1n) is 6.64. The molecule has 0 aliphatic carbocycles. The molecule has 0 saturated heterocycles. The van der Waals surface area contributed by atoms with Gasteiger partial charge in [0.15, 0.2) is 0 Å². The predicted octanol–water partition coefficient (Wildman–Crippen LogP) is 2.38. The first-order chi connectivity index (χ1) is 10.2. The van der Waals surface area contributed by atoms with Crippen molar-refractivity contribution in [1.29, 1.82) is 0 Å². The lowest BCUT2D eigenvalue weighted by atomic mass is 10.1. The van der Waals surface area contributed by atoms with Gasteiger partial charge in [-0.25, -0.2) is 0 Å². The molecular weight excluding hydrogens is 264 g/mol. The molecule has 0 fully saturated rings. The summed E-state index contributed by atoms with van der Waals surface area (Å²) in [5.74, 6) is 5.59. The molecule has 0 spiro atoms. The van der Waals surface area contributed by atoms with Crippen LogP contribution in [-0.2, 0) is 0 Å². The van der Waals surface area contributed by atoms with Gasteiger partial charge in [-0.3, -0.25) is 9.78 Å². The van der Waals surface area contributed by atoms with E-state index in [4.69, 9.17) is 5.11 Å². The minimum atomic E-state index is -0.211. The van der Waals surface area contributed by atoms with E-state index in [1.807, 2.05) is 18.2 Å². The average Bonchev–Trinajstić information content (AvgIpc) is 2.49. The van der Waals surface area contributed by atoms with Crippen molar-refractivity contribution in [2.75, 3.05) is 11.9 Å². The molecule has 0 unspecified atom stereocenters. The van der Waals surface area contributed by atoms with Gasteiger partial charge in [0.1, 0.15) is 0 Å². The zero-order valence-electron chi connectivity index (χ0n) is 11.8. The minimum Gasteiger partial charge on any atom is -0.395 e. The van der Waals surface area contributed by atoms with Gasteiger partial charge < -0.3 is 10.4 Å². The van der Waals surface area contributed by atoms with Crippen molar-refractivity contribution in [3.8, 4) is 11.8 Å². The van der Waals surface area contributed by atoms with Crippen LogP contribution in [0.3, 0.4) is 0 Å². The summed E-state index contributed by atoms with van der Waals surface area (Å²) in [5, 5.41) is 11.6. The number of aliphatic hydroxyl groups is 1. The van der Waals surface area contributed by atoms with Gasteiger partial charge in [0, 0.05) is 23.9 Å². The monoisotopic (exact) mass is 280 g/mol. The number of carbonyl (C=O) groups is 1. The first kappa shape index (κ1) is 14.8. The summed E-state index contributed by atoms with van der Waals surface area (Å²) < 4.78 is 0. The number of hydrogen-bond acceptors (Lipinski definition) is 3. The fraction of sp³-hybridized carbons (Fsp3) is 0.176. The van der Waals surface area contributed by atoms with Crippen molar-refractivity contribution >= 4 is 11.6 Å². The molecule has 0 bridgehead atoms. The predicted molar refractivity (Wildman–Crippen MR) is 82.0 cm³/mol. The highest BCUT2D eigenvalue weighted by Gasteiger charge is 2.10. The fourth-order valence-electron chi connectivity index (χ4n) is 1.83. The number of amides is 1. The van der Waals surface area contributed by atoms with Crippen LogP contribution < -0.4 is 5.32 Å². The van der Waals surface area contributed by atoms with Crippen LogP contribution in [0.5, 0.6) is 0 Å². The molecule has 4 nitrogen and oxygen atoms in total. The van der Waals surface area contributed by atoms with Gasteiger partial charge in [-0.1, -0.05) is 24.0 Å². The maximum atomic E-state index is 12.3. The van der Waals surface area contributed by atoms with E-state index >= 15 is 0 Å². The summed E-state index contributed by atoms with van der Waals surface area (Å²) in [4.78, 5) is 16.4. The number of rotatable bonds is 3. The van der Waals surface area contributed by atoms with Crippen molar-refractivity contribution in [2.45, 2.75) is 13.3 Å². The van der Waals surface area contributed by atoms with E-state index in [1.54, 1.807) is 31.3 Å². The van der Waals surface area contributed by atoms with Crippen molar-refractivity contribution in [3.05, 3.63) is 59.4 Å². The van der Waals surface area contributed by atoms with Crippen molar-refractivity contribution in [2.24, 2.45) is 0 Å². The molecule has 0 aliphatic heterocycles. The Labute approximate surface area is 123 Å². The maximum Gasteiger partial charge on any atom is 0.257 e. The number of aryl methyl sites for hydroxylation is 1. The van der Waals surface area contributed by atoms with Crippen LogP contribution in [-0.4, -0.2) is 22.6 Å². The van der Waals surface area contributed by atoms with E-state index in [-0.39, 0.29) is 12.5 Å². The molecule has 2 rings (SSSR count). The highest BCUT2D eigenvalue weighted by molar-refractivity contribution is 6.05. The molecule has 1 aromatic carbocycles. The molecule has 1 aromatic heterocycles. The second-order valence-electron chi connectivity index (χ2n) is 4.41. The van der Waals surface area contributed by atoms with Crippen LogP contribution >= 0.6 is 0 Å². The Morgan fingerprint density at radius 3 is 2.86 bits per heavy atom. The smallest absolute Gasteiger partial charge is 0.257 e. The number of aliphatic hydroxyl groups excluding tert-OH is 1. The molecule has 106 valence electrons. The summed E-state index contributed by atoms with van der Waals surface area (Å²) in [5.41, 5.74) is 2.59. The molecule has 1 amide bonds. The summed E-state index contributed by atoms with van der Waals surface area (Å²) in [6.45, 7) is 1.82. The van der Waals surface area contributed by atoms with Crippen LogP contribution in [0.25, 0.3) is 0 Å². The Morgan fingerprint density at radius 1 is 1.29 bits per heavy atom. The average molecular weight is 280 g/mol. The molecule has 0 atom stereocenters. The first-order valence-corrected chi connectivity index (χ1v) is 6.64. The Morgan fingerprint density at radius 2 is 2.10 bits per heavy atom. The summed E-state index contributed by atoms with van der Waals surface area (Å²) >= 11 is 0. The third-order valence-corrected chi connectivity index (χ3v) is 2.89. The van der Waals surface area contributed by atoms with E-state index < -0.39 is 0 Å². The number of anilines is 1. The third kappa shape index (κ3) is 3.91. The molecule has 0 radical (unpaired) electrons. The largest absolute Gasteiger partial charge is 0.395 e. The van der Waals surface area contributed by atoms with E-state index in [0.717, 1.165) is 5.56 Å². The molecule has 2 N–H and O–H groups in total. The van der Waals surface area contributed by atoms with Gasteiger partial charge in [-0.2, -0.15) is 0 Å². The Bertz CT molecular complexity index is 699. The Hall–Kier alpha value is -2.64. The third-order valence-electron chi connectivity index (χ3n) is 2.89. The highest BCUT2D eigenvalue weighted by Crippen LogP contribution is 2.16. The zero-order valence-corrected chi connectivity index (χ0v) is 11.8. The van der Waals surface area contributed by atoms with Crippen LogP contribution in [0.2, 0.25) is 0 Å². The minimum absolute atomic E-state index is 0.0242. The van der Waals surface area contributed by atoms with Crippen LogP contribution in [0.4, 0.5) is 5.69 Å². The van der Waals surface area contributed by atoms with E-state index in [2.05, 4.69) is 22.1 Å². The van der Waals surface area contributed by atoms with Crippen molar-refractivity contribution < 1.29 is 9.90 Å². The number of carbonyl (C=O) groups excluding carboxylic acids is 1. The van der Waals surface area contributed by atoms with Gasteiger partial charge in [-0.05, 0) is 31.2 Å². The maximum absolute atomic E-state index is 12.3. The normalized spacial score (nSPS) is 9.62. The van der Waals surface area contributed by atoms with E-state index in [0.29, 0.717) is 23.4 Å². The van der Waals surface area contributed by atoms with Gasteiger partial charge in [0.25, 0.3) is 5.91 Å². The topological polar surface area (TPSA) is 62.2 Å². The summed E-state index contributed by atoms with van der Waals surface area (Å²) in [7, 11) is 0. The number of para-hydroxylation sites is 1. The van der Waals surface area contributed by atoms with Crippen molar-refractivity contribution in [1.82, 2.24) is 4.98 Å². The molecular formula is C17H16N2O2. The Kier molecular flexibility index (Phi) is 5.08. The molecule has 21 heavy (non-hydrogen) atoms. The fourth-order valence-corrected chi connectivity index (χ4v) is 1.83. The SMILES string of the molecule is Cc1ncccc1C(=O)Nc1ccccc1C#CCCO. The van der Waals surface area contributed by atoms with Gasteiger partial charge in [-0.15, -0.1) is 0 Å².